The molecule has 1 amide bonds. The maximum Gasteiger partial charge on any atom is 0.410 e. The highest BCUT2D eigenvalue weighted by molar-refractivity contribution is 5.69. The van der Waals surface area contributed by atoms with Gasteiger partial charge in [0, 0.05) is 13.1 Å². The Hall–Kier alpha value is -0.810. The molecule has 1 aliphatic rings. The molecule has 0 radical (unpaired) electrons. The first kappa shape index (κ1) is 13.3. The van der Waals surface area contributed by atoms with Crippen LogP contribution in [0.15, 0.2) is 0 Å². The molecule has 0 bridgehead atoms. The minimum Gasteiger partial charge on any atom is -0.444 e. The Morgan fingerprint density at radius 1 is 1.62 bits per heavy atom. The predicted octanol–water partition coefficient (Wildman–Crippen LogP) is 0.706. The summed E-state index contributed by atoms with van der Waals surface area (Å²) >= 11 is 0. The summed E-state index contributed by atoms with van der Waals surface area (Å²) in [5, 5.41) is 10.1. The van der Waals surface area contributed by atoms with Gasteiger partial charge in [0.25, 0.3) is 0 Å². The van der Waals surface area contributed by atoms with Crippen LogP contribution < -0.4 is 5.73 Å². The lowest BCUT2D eigenvalue weighted by molar-refractivity contribution is -0.00524. The van der Waals surface area contributed by atoms with Gasteiger partial charge in [-0.15, -0.1) is 0 Å². The van der Waals surface area contributed by atoms with Crippen molar-refractivity contribution in [1.82, 2.24) is 4.90 Å². The SMILES string of the molecule is CC1N(C(=O)OC(C)(C)C)CCC1(O)CN. The highest BCUT2D eigenvalue weighted by atomic mass is 16.6. The fourth-order valence-electron chi connectivity index (χ4n) is 1.85. The van der Waals surface area contributed by atoms with Gasteiger partial charge in [0.1, 0.15) is 5.60 Å². The Labute approximate surface area is 96.6 Å². The molecular formula is C11H22N2O3. The van der Waals surface area contributed by atoms with E-state index in [2.05, 4.69) is 0 Å². The summed E-state index contributed by atoms with van der Waals surface area (Å²) in [7, 11) is 0. The van der Waals surface area contributed by atoms with Crippen molar-refractivity contribution in [2.45, 2.75) is 51.4 Å². The van der Waals surface area contributed by atoms with Crippen molar-refractivity contribution < 1.29 is 14.6 Å². The van der Waals surface area contributed by atoms with Gasteiger partial charge >= 0.3 is 6.09 Å². The number of hydrogen-bond acceptors (Lipinski definition) is 4. The fraction of sp³-hybridized carbons (Fsp3) is 0.909. The van der Waals surface area contributed by atoms with E-state index in [1.54, 1.807) is 6.92 Å². The lowest BCUT2D eigenvalue weighted by Crippen LogP contribution is -2.50. The summed E-state index contributed by atoms with van der Waals surface area (Å²) in [6.07, 6.45) is 0.119. The number of carbonyl (C=O) groups excluding carboxylic acids is 1. The van der Waals surface area contributed by atoms with Crippen LogP contribution in [0.2, 0.25) is 0 Å². The van der Waals surface area contributed by atoms with Crippen molar-refractivity contribution in [3.8, 4) is 0 Å². The number of ether oxygens (including phenoxy) is 1. The number of carbonyl (C=O) groups is 1. The molecule has 1 fully saturated rings. The zero-order valence-corrected chi connectivity index (χ0v) is 10.5. The van der Waals surface area contributed by atoms with Crippen molar-refractivity contribution in [3.63, 3.8) is 0 Å². The third-order valence-corrected chi connectivity index (χ3v) is 3.01. The first-order valence-electron chi connectivity index (χ1n) is 5.62. The van der Waals surface area contributed by atoms with E-state index >= 15 is 0 Å². The molecule has 5 heteroatoms. The Bertz CT molecular complexity index is 275. The zero-order valence-electron chi connectivity index (χ0n) is 10.5. The molecule has 1 saturated heterocycles. The highest BCUT2D eigenvalue weighted by Gasteiger charge is 2.45. The molecule has 94 valence electrons. The van der Waals surface area contributed by atoms with Gasteiger partial charge in [-0.3, -0.25) is 0 Å². The van der Waals surface area contributed by atoms with Crippen LogP contribution in [0.25, 0.3) is 0 Å². The van der Waals surface area contributed by atoms with E-state index in [4.69, 9.17) is 10.5 Å². The second kappa shape index (κ2) is 4.22. The fourth-order valence-corrected chi connectivity index (χ4v) is 1.85. The predicted molar refractivity (Wildman–Crippen MR) is 61.0 cm³/mol. The number of amides is 1. The van der Waals surface area contributed by atoms with Crippen molar-refractivity contribution >= 4 is 6.09 Å². The molecule has 2 unspecified atom stereocenters. The lowest BCUT2D eigenvalue weighted by atomic mass is 9.96. The molecule has 0 aromatic carbocycles. The summed E-state index contributed by atoms with van der Waals surface area (Å²) in [6.45, 7) is 7.91. The second-order valence-corrected chi connectivity index (χ2v) is 5.41. The van der Waals surface area contributed by atoms with Crippen LogP contribution in [0.3, 0.4) is 0 Å². The monoisotopic (exact) mass is 230 g/mol. The van der Waals surface area contributed by atoms with Gasteiger partial charge in [0.05, 0.1) is 11.6 Å². The number of hydrogen-bond donors (Lipinski definition) is 2. The second-order valence-electron chi connectivity index (χ2n) is 5.41. The maximum atomic E-state index is 11.8. The first-order chi connectivity index (χ1) is 7.19. The average Bonchev–Trinajstić information content (AvgIpc) is 2.42. The average molecular weight is 230 g/mol. The number of aliphatic hydroxyl groups is 1. The molecule has 3 N–H and O–H groups in total. The highest BCUT2D eigenvalue weighted by Crippen LogP contribution is 2.28. The first-order valence-corrected chi connectivity index (χ1v) is 5.62. The number of likely N-dealkylation sites (tertiary alicyclic amines) is 1. The van der Waals surface area contributed by atoms with Crippen LogP contribution in [0.4, 0.5) is 4.79 Å². The number of nitrogens with zero attached hydrogens (tertiary/aromatic N) is 1. The largest absolute Gasteiger partial charge is 0.444 e. The van der Waals surface area contributed by atoms with Gasteiger partial charge in [0.2, 0.25) is 0 Å². The summed E-state index contributed by atoms with van der Waals surface area (Å²) in [5.41, 5.74) is 4.03. The van der Waals surface area contributed by atoms with Crippen LogP contribution in [0, 0.1) is 0 Å². The van der Waals surface area contributed by atoms with Gasteiger partial charge in [-0.2, -0.15) is 0 Å². The number of rotatable bonds is 1. The molecule has 2 atom stereocenters. The molecule has 1 rings (SSSR count). The molecule has 0 aliphatic carbocycles. The van der Waals surface area contributed by atoms with E-state index in [0.29, 0.717) is 13.0 Å². The molecule has 16 heavy (non-hydrogen) atoms. The molecule has 0 aromatic rings. The van der Waals surface area contributed by atoms with Crippen LogP contribution in [-0.2, 0) is 4.74 Å². The summed E-state index contributed by atoms with van der Waals surface area (Å²) in [5.74, 6) is 0. The van der Waals surface area contributed by atoms with Crippen molar-refractivity contribution in [2.24, 2.45) is 5.73 Å². The van der Waals surface area contributed by atoms with Gasteiger partial charge in [-0.1, -0.05) is 0 Å². The van der Waals surface area contributed by atoms with E-state index < -0.39 is 11.2 Å². The maximum absolute atomic E-state index is 11.8. The van der Waals surface area contributed by atoms with E-state index in [1.807, 2.05) is 20.8 Å². The van der Waals surface area contributed by atoms with Crippen LogP contribution in [-0.4, -0.2) is 46.4 Å². The Kier molecular flexibility index (Phi) is 3.50. The standard InChI is InChI=1S/C11H22N2O3/c1-8-11(15,7-12)5-6-13(8)9(14)16-10(2,3)4/h8,15H,5-7,12H2,1-4H3. The van der Waals surface area contributed by atoms with Gasteiger partial charge in [0.15, 0.2) is 0 Å². The topological polar surface area (TPSA) is 75.8 Å². The van der Waals surface area contributed by atoms with Gasteiger partial charge < -0.3 is 20.5 Å². The molecular weight excluding hydrogens is 208 g/mol. The molecule has 0 spiro atoms. The van der Waals surface area contributed by atoms with E-state index in [1.165, 1.54) is 4.90 Å². The molecule has 5 nitrogen and oxygen atoms in total. The Morgan fingerprint density at radius 2 is 2.19 bits per heavy atom. The van der Waals surface area contributed by atoms with Crippen molar-refractivity contribution in [3.05, 3.63) is 0 Å². The van der Waals surface area contributed by atoms with Crippen molar-refractivity contribution in [2.75, 3.05) is 13.1 Å². The molecule has 1 heterocycles. The van der Waals surface area contributed by atoms with Crippen LogP contribution >= 0.6 is 0 Å². The van der Waals surface area contributed by atoms with Crippen LogP contribution in [0.1, 0.15) is 34.1 Å². The molecule has 1 aliphatic heterocycles. The minimum absolute atomic E-state index is 0.160. The summed E-state index contributed by atoms with van der Waals surface area (Å²) in [6, 6.07) is -0.299. The Balaban J connectivity index is 2.67. The zero-order chi connectivity index (χ0) is 12.6. The molecule has 0 saturated carbocycles. The normalized spacial score (nSPS) is 30.6. The third kappa shape index (κ3) is 2.65. The van der Waals surface area contributed by atoms with E-state index in [0.717, 1.165) is 0 Å². The van der Waals surface area contributed by atoms with Crippen LogP contribution in [0.5, 0.6) is 0 Å². The Morgan fingerprint density at radius 3 is 2.56 bits per heavy atom. The summed E-state index contributed by atoms with van der Waals surface area (Å²) in [4.78, 5) is 13.4. The van der Waals surface area contributed by atoms with E-state index in [-0.39, 0.29) is 18.7 Å². The molecule has 0 aromatic heterocycles. The van der Waals surface area contributed by atoms with E-state index in [9.17, 15) is 9.90 Å². The third-order valence-electron chi connectivity index (χ3n) is 3.01. The summed E-state index contributed by atoms with van der Waals surface area (Å²) < 4.78 is 5.26. The number of nitrogens with two attached hydrogens (primary N) is 1. The van der Waals surface area contributed by atoms with Gasteiger partial charge in [-0.25, -0.2) is 4.79 Å². The smallest absolute Gasteiger partial charge is 0.410 e. The minimum atomic E-state index is -0.975. The van der Waals surface area contributed by atoms with Crippen molar-refractivity contribution in [1.29, 1.82) is 0 Å². The quantitative estimate of drug-likeness (QED) is 0.695. The lowest BCUT2D eigenvalue weighted by Gasteiger charge is -2.31. The van der Waals surface area contributed by atoms with Gasteiger partial charge in [-0.05, 0) is 34.1 Å².